The van der Waals surface area contributed by atoms with Gasteiger partial charge in [-0.25, -0.2) is 4.39 Å². The van der Waals surface area contributed by atoms with E-state index in [9.17, 15) is 14.4 Å². The van der Waals surface area contributed by atoms with E-state index < -0.39 is 0 Å². The molecule has 1 N–H and O–H groups in total. The van der Waals surface area contributed by atoms with Gasteiger partial charge in [0.2, 0.25) is 5.91 Å². The minimum atomic E-state index is -0.336. The van der Waals surface area contributed by atoms with Gasteiger partial charge in [-0.1, -0.05) is 0 Å². The lowest BCUT2D eigenvalue weighted by Crippen LogP contribution is -2.38. The number of hydrogen-bond acceptors (Lipinski definition) is 5. The number of nitrogens with zero attached hydrogens (tertiary/aromatic N) is 3. The Morgan fingerprint density at radius 2 is 1.97 bits per heavy atom. The maximum Gasteiger partial charge on any atom is 0.227 e. The maximum atomic E-state index is 13.0. The third kappa shape index (κ3) is 3.90. The molecule has 2 heterocycles. The Kier molecular flexibility index (Phi) is 5.48. The Labute approximate surface area is 173 Å². The predicted octanol–water partition coefficient (Wildman–Crippen LogP) is 4.11. The molecule has 1 saturated heterocycles. The number of hydrogen-bond donors (Lipinski definition) is 1. The van der Waals surface area contributed by atoms with Gasteiger partial charge in [-0.2, -0.15) is 5.26 Å². The second kappa shape index (κ2) is 8.37. The van der Waals surface area contributed by atoms with Crippen molar-refractivity contribution >= 4 is 28.2 Å². The first-order valence-electron chi connectivity index (χ1n) is 9.77. The van der Waals surface area contributed by atoms with Gasteiger partial charge in [0.1, 0.15) is 17.6 Å². The molecule has 1 aromatic heterocycles. The Balaban J connectivity index is 1.51. The molecule has 152 valence electrons. The molecule has 0 saturated carbocycles. The number of halogens is 1. The molecule has 0 bridgehead atoms. The van der Waals surface area contributed by atoms with Gasteiger partial charge in [0.05, 0.1) is 23.9 Å². The van der Waals surface area contributed by atoms with Gasteiger partial charge in [0.25, 0.3) is 0 Å². The number of methoxy groups -OCH3 is 1. The van der Waals surface area contributed by atoms with E-state index in [-0.39, 0.29) is 17.6 Å². The summed E-state index contributed by atoms with van der Waals surface area (Å²) >= 11 is 0. The van der Waals surface area contributed by atoms with E-state index in [1.54, 1.807) is 25.4 Å². The zero-order chi connectivity index (χ0) is 21.1. The standard InChI is InChI=1S/C23H21FN4O2/c1-30-19-6-7-20-21(12-19)26-14-16(13-25)22(20)28-10-8-15(9-11-28)23(29)27-18-4-2-17(24)3-5-18/h2-7,12,14-15H,8-11H2,1H3,(H,27,29). The highest BCUT2D eigenvalue weighted by Crippen LogP contribution is 2.34. The smallest absolute Gasteiger partial charge is 0.227 e. The van der Waals surface area contributed by atoms with Crippen LogP contribution in [0.5, 0.6) is 5.75 Å². The zero-order valence-electron chi connectivity index (χ0n) is 16.6. The van der Waals surface area contributed by atoms with Crippen LogP contribution in [-0.2, 0) is 4.79 Å². The van der Waals surface area contributed by atoms with Crippen LogP contribution in [0.15, 0.2) is 48.7 Å². The number of piperidine rings is 1. The predicted molar refractivity (Wildman–Crippen MR) is 113 cm³/mol. The fourth-order valence-corrected chi connectivity index (χ4v) is 3.85. The maximum absolute atomic E-state index is 13.0. The van der Waals surface area contributed by atoms with Crippen molar-refractivity contribution in [3.8, 4) is 11.8 Å². The summed E-state index contributed by atoms with van der Waals surface area (Å²) in [5.41, 5.74) is 2.72. The van der Waals surface area contributed by atoms with Crippen molar-refractivity contribution in [3.05, 3.63) is 60.0 Å². The normalized spacial score (nSPS) is 14.4. The van der Waals surface area contributed by atoms with Gasteiger partial charge in [-0.05, 0) is 49.2 Å². The highest BCUT2D eigenvalue weighted by atomic mass is 19.1. The first-order valence-corrected chi connectivity index (χ1v) is 9.77. The third-order valence-corrected chi connectivity index (χ3v) is 5.46. The Morgan fingerprint density at radius 1 is 1.23 bits per heavy atom. The number of carbonyl (C=O) groups is 1. The molecule has 3 aromatic rings. The van der Waals surface area contributed by atoms with Gasteiger partial charge < -0.3 is 15.0 Å². The lowest BCUT2D eigenvalue weighted by atomic mass is 9.94. The molecule has 1 fully saturated rings. The largest absolute Gasteiger partial charge is 0.497 e. The van der Waals surface area contributed by atoms with Crippen LogP contribution in [-0.4, -0.2) is 31.1 Å². The lowest BCUT2D eigenvalue weighted by Gasteiger charge is -2.34. The molecule has 1 aliphatic rings. The average molecular weight is 404 g/mol. The van der Waals surface area contributed by atoms with Gasteiger partial charge in [-0.15, -0.1) is 0 Å². The molecule has 4 rings (SSSR count). The molecular formula is C23H21FN4O2. The summed E-state index contributed by atoms with van der Waals surface area (Å²) in [6, 6.07) is 13.6. The molecule has 0 aliphatic carbocycles. The second-order valence-electron chi connectivity index (χ2n) is 7.27. The van der Waals surface area contributed by atoms with E-state index in [1.807, 2.05) is 18.2 Å². The number of nitrogens with one attached hydrogen (secondary N) is 1. The molecular weight excluding hydrogens is 383 g/mol. The first kappa shape index (κ1) is 19.6. The molecule has 0 atom stereocenters. The summed E-state index contributed by atoms with van der Waals surface area (Å²) in [6.07, 6.45) is 2.92. The van der Waals surface area contributed by atoms with Crippen LogP contribution in [0.2, 0.25) is 0 Å². The van der Waals surface area contributed by atoms with Crippen molar-refractivity contribution in [3.63, 3.8) is 0 Å². The van der Waals surface area contributed by atoms with Crippen LogP contribution < -0.4 is 15.0 Å². The minimum absolute atomic E-state index is 0.0638. The summed E-state index contributed by atoms with van der Waals surface area (Å²) in [5, 5.41) is 13.4. The molecule has 0 spiro atoms. The Morgan fingerprint density at radius 3 is 2.63 bits per heavy atom. The van der Waals surface area contributed by atoms with Gasteiger partial charge in [0.15, 0.2) is 0 Å². The van der Waals surface area contributed by atoms with E-state index in [0.717, 1.165) is 16.6 Å². The van der Waals surface area contributed by atoms with Crippen LogP contribution in [0.4, 0.5) is 15.8 Å². The molecule has 0 unspecified atom stereocenters. The number of benzene rings is 2. The molecule has 2 aromatic carbocycles. The molecule has 1 aliphatic heterocycles. The van der Waals surface area contributed by atoms with E-state index in [1.165, 1.54) is 12.1 Å². The summed E-state index contributed by atoms with van der Waals surface area (Å²) in [4.78, 5) is 19.1. The van der Waals surface area contributed by atoms with Gasteiger partial charge >= 0.3 is 0 Å². The SMILES string of the molecule is COc1ccc2c(N3CCC(C(=O)Nc4ccc(F)cc4)CC3)c(C#N)cnc2c1. The van der Waals surface area contributed by atoms with E-state index in [2.05, 4.69) is 21.3 Å². The fraction of sp³-hybridized carbons (Fsp3) is 0.261. The quantitative estimate of drug-likeness (QED) is 0.708. The number of ether oxygens (including phenoxy) is 1. The Hall–Kier alpha value is -3.66. The summed E-state index contributed by atoms with van der Waals surface area (Å²) < 4.78 is 18.3. The Bertz CT molecular complexity index is 1120. The molecule has 7 heteroatoms. The first-order chi connectivity index (χ1) is 14.6. The summed E-state index contributed by atoms with van der Waals surface area (Å²) in [5.74, 6) is 0.176. The molecule has 6 nitrogen and oxygen atoms in total. The van der Waals surface area contributed by atoms with Crippen molar-refractivity contribution in [2.75, 3.05) is 30.4 Å². The van der Waals surface area contributed by atoms with Crippen molar-refractivity contribution in [2.24, 2.45) is 5.92 Å². The highest BCUT2D eigenvalue weighted by molar-refractivity contribution is 5.96. The minimum Gasteiger partial charge on any atom is -0.497 e. The number of fused-ring (bicyclic) bond motifs is 1. The number of carbonyl (C=O) groups excluding carboxylic acids is 1. The van der Waals surface area contributed by atoms with Crippen molar-refractivity contribution in [1.82, 2.24) is 4.98 Å². The number of anilines is 2. The molecule has 0 radical (unpaired) electrons. The lowest BCUT2D eigenvalue weighted by molar-refractivity contribution is -0.120. The van der Waals surface area contributed by atoms with Crippen LogP contribution in [0.1, 0.15) is 18.4 Å². The monoisotopic (exact) mass is 404 g/mol. The fourth-order valence-electron chi connectivity index (χ4n) is 3.85. The van der Waals surface area contributed by atoms with Crippen molar-refractivity contribution in [2.45, 2.75) is 12.8 Å². The number of aromatic nitrogens is 1. The topological polar surface area (TPSA) is 78.2 Å². The second-order valence-corrected chi connectivity index (χ2v) is 7.27. The number of pyridine rings is 1. The van der Waals surface area contributed by atoms with E-state index >= 15 is 0 Å². The zero-order valence-corrected chi connectivity index (χ0v) is 16.6. The van der Waals surface area contributed by atoms with Crippen molar-refractivity contribution < 1.29 is 13.9 Å². The third-order valence-electron chi connectivity index (χ3n) is 5.46. The summed E-state index contributed by atoms with van der Waals surface area (Å²) in [7, 11) is 1.60. The number of nitriles is 1. The summed E-state index contributed by atoms with van der Waals surface area (Å²) in [6.45, 7) is 1.31. The van der Waals surface area contributed by atoms with Crippen LogP contribution in [0, 0.1) is 23.1 Å². The molecule has 1 amide bonds. The van der Waals surface area contributed by atoms with Crippen LogP contribution in [0.25, 0.3) is 10.9 Å². The van der Waals surface area contributed by atoms with Crippen LogP contribution in [0.3, 0.4) is 0 Å². The molecule has 30 heavy (non-hydrogen) atoms. The van der Waals surface area contributed by atoms with E-state index in [4.69, 9.17) is 4.74 Å². The van der Waals surface area contributed by atoms with Gasteiger partial charge in [-0.3, -0.25) is 9.78 Å². The van der Waals surface area contributed by atoms with Crippen LogP contribution >= 0.6 is 0 Å². The number of amides is 1. The highest BCUT2D eigenvalue weighted by Gasteiger charge is 2.27. The van der Waals surface area contributed by atoms with Gasteiger partial charge in [0, 0.05) is 42.3 Å². The van der Waals surface area contributed by atoms with Crippen molar-refractivity contribution in [1.29, 1.82) is 5.26 Å². The average Bonchev–Trinajstić information content (AvgIpc) is 2.79. The number of rotatable bonds is 4. The van der Waals surface area contributed by atoms with E-state index in [0.29, 0.717) is 42.9 Å².